The second-order valence-electron chi connectivity index (χ2n) is 12.7. The van der Waals surface area contributed by atoms with Gasteiger partial charge in [0.1, 0.15) is 0 Å². The number of rotatable bonds is 3. The Labute approximate surface area is 265 Å². The molecule has 0 amide bonds. The molecule has 0 saturated heterocycles. The minimum Gasteiger partial charge on any atom is -0.0648 e. The Balaban J connectivity index is 0.000000185. The van der Waals surface area contributed by atoms with Crippen LogP contribution in [0.2, 0.25) is 0 Å². The van der Waals surface area contributed by atoms with Gasteiger partial charge in [0.25, 0.3) is 0 Å². The lowest BCUT2D eigenvalue weighted by atomic mass is 9.82. The van der Waals surface area contributed by atoms with E-state index in [4.69, 9.17) is 0 Å². The summed E-state index contributed by atoms with van der Waals surface area (Å²) in [5.74, 6) is 0.709. The quantitative estimate of drug-likeness (QED) is 0.197. The van der Waals surface area contributed by atoms with Crippen molar-refractivity contribution in [3.05, 3.63) is 167 Å². The summed E-state index contributed by atoms with van der Waals surface area (Å²) in [5, 5.41) is 2.70. The zero-order valence-corrected chi connectivity index (χ0v) is 27.5. The molecule has 0 saturated carbocycles. The first kappa shape index (κ1) is 31.0. The van der Waals surface area contributed by atoms with E-state index in [2.05, 4.69) is 164 Å². The lowest BCUT2D eigenvalue weighted by Gasteiger charge is -2.21. The SMILES string of the molecule is CCC(C)c1ccccc1.Cc1ccccc1.Cc1ccccc1-c1cc2c3c(ccc2cc1C)C(C)(C)c1ccccc1-3. The Hall–Kier alpha value is -4.42. The van der Waals surface area contributed by atoms with Crippen molar-refractivity contribution in [1.29, 1.82) is 0 Å². The molecule has 1 aliphatic carbocycles. The predicted octanol–water partition coefficient (Wildman–Crippen LogP) is 12.6. The van der Waals surface area contributed by atoms with E-state index in [1.165, 1.54) is 72.8 Å². The Morgan fingerprint density at radius 2 is 1.14 bits per heavy atom. The number of aryl methyl sites for hydroxylation is 3. The Kier molecular flexibility index (Phi) is 9.50. The maximum absolute atomic E-state index is 2.42. The monoisotopic (exact) mass is 574 g/mol. The van der Waals surface area contributed by atoms with Gasteiger partial charge in [0, 0.05) is 5.41 Å². The van der Waals surface area contributed by atoms with Gasteiger partial charge in [-0.2, -0.15) is 0 Å². The Bertz CT molecular complexity index is 1840. The molecule has 0 radical (unpaired) electrons. The molecule has 0 aliphatic heterocycles. The third-order valence-electron chi connectivity index (χ3n) is 9.26. The fraction of sp³-hybridized carbons (Fsp3) is 0.227. The summed E-state index contributed by atoms with van der Waals surface area (Å²) in [6.45, 7) is 15.7. The van der Waals surface area contributed by atoms with Gasteiger partial charge in [-0.3, -0.25) is 0 Å². The second kappa shape index (κ2) is 13.5. The van der Waals surface area contributed by atoms with Crippen LogP contribution in [0.4, 0.5) is 0 Å². The molecule has 0 N–H and O–H groups in total. The highest BCUT2D eigenvalue weighted by Gasteiger charge is 2.36. The molecule has 1 aliphatic rings. The van der Waals surface area contributed by atoms with Gasteiger partial charge in [-0.15, -0.1) is 0 Å². The molecule has 6 aromatic rings. The minimum absolute atomic E-state index is 0.0494. The van der Waals surface area contributed by atoms with E-state index in [0.717, 1.165) is 0 Å². The summed E-state index contributed by atoms with van der Waals surface area (Å²) in [7, 11) is 0. The van der Waals surface area contributed by atoms with Gasteiger partial charge < -0.3 is 0 Å². The van der Waals surface area contributed by atoms with Gasteiger partial charge in [0.2, 0.25) is 0 Å². The molecule has 0 heterocycles. The second-order valence-corrected chi connectivity index (χ2v) is 12.7. The fourth-order valence-corrected chi connectivity index (χ4v) is 6.41. The van der Waals surface area contributed by atoms with E-state index in [1.54, 1.807) is 0 Å². The van der Waals surface area contributed by atoms with Gasteiger partial charge in [0.05, 0.1) is 0 Å². The molecule has 44 heavy (non-hydrogen) atoms. The summed E-state index contributed by atoms with van der Waals surface area (Å²) in [4.78, 5) is 0. The van der Waals surface area contributed by atoms with Gasteiger partial charge >= 0.3 is 0 Å². The minimum atomic E-state index is 0.0494. The van der Waals surface area contributed by atoms with Crippen LogP contribution in [-0.2, 0) is 5.41 Å². The molecule has 0 nitrogen and oxygen atoms in total. The number of hydrogen-bond acceptors (Lipinski definition) is 0. The van der Waals surface area contributed by atoms with Crippen LogP contribution in [0.1, 0.15) is 73.4 Å². The number of hydrogen-bond donors (Lipinski definition) is 0. The highest BCUT2D eigenvalue weighted by Crippen LogP contribution is 2.51. The normalized spacial score (nSPS) is 13.1. The molecule has 0 heteroatoms. The van der Waals surface area contributed by atoms with Crippen molar-refractivity contribution in [1.82, 2.24) is 0 Å². The van der Waals surface area contributed by atoms with Gasteiger partial charge in [-0.25, -0.2) is 0 Å². The van der Waals surface area contributed by atoms with Crippen LogP contribution >= 0.6 is 0 Å². The average Bonchev–Trinajstić information content (AvgIpc) is 3.28. The highest BCUT2D eigenvalue weighted by atomic mass is 14.4. The zero-order valence-electron chi connectivity index (χ0n) is 27.5. The summed E-state index contributed by atoms with van der Waals surface area (Å²) in [6.07, 6.45) is 1.23. The fourth-order valence-electron chi connectivity index (χ4n) is 6.41. The van der Waals surface area contributed by atoms with Crippen molar-refractivity contribution in [2.45, 2.75) is 66.2 Å². The van der Waals surface area contributed by atoms with Crippen molar-refractivity contribution >= 4 is 10.8 Å². The van der Waals surface area contributed by atoms with Crippen LogP contribution in [0.25, 0.3) is 33.0 Å². The predicted molar refractivity (Wildman–Crippen MR) is 193 cm³/mol. The third kappa shape index (κ3) is 6.41. The maximum Gasteiger partial charge on any atom is 0.0159 e. The Morgan fingerprint density at radius 1 is 0.545 bits per heavy atom. The van der Waals surface area contributed by atoms with Crippen LogP contribution in [0.5, 0.6) is 0 Å². The van der Waals surface area contributed by atoms with Crippen LogP contribution in [-0.4, -0.2) is 0 Å². The summed E-state index contributed by atoms with van der Waals surface area (Å²) in [6, 6.07) is 47.9. The standard InChI is InChI=1S/C27H24.C10H14.C7H8/c1-17-9-5-6-10-20(17)22-16-23-19(15-18(22)2)13-14-25-26(23)21-11-7-8-12-24(21)27(25,3)4;1-3-9(2)10-7-5-4-6-8-10;1-7-5-3-2-4-6-7/h5-16H,1-4H3;4-9H,3H2,1-2H3;2-6H,1H3. The molecule has 7 rings (SSSR count). The topological polar surface area (TPSA) is 0 Å². The first-order valence-corrected chi connectivity index (χ1v) is 16.0. The molecule has 0 fully saturated rings. The van der Waals surface area contributed by atoms with E-state index in [-0.39, 0.29) is 5.41 Å². The van der Waals surface area contributed by atoms with E-state index in [0.29, 0.717) is 5.92 Å². The van der Waals surface area contributed by atoms with Gasteiger partial charge in [0.15, 0.2) is 0 Å². The maximum atomic E-state index is 2.42. The van der Waals surface area contributed by atoms with Gasteiger partial charge in [-0.05, 0) is 100 Å². The first-order chi connectivity index (χ1) is 21.2. The van der Waals surface area contributed by atoms with Crippen LogP contribution in [0.15, 0.2) is 133 Å². The van der Waals surface area contributed by atoms with E-state index in [9.17, 15) is 0 Å². The van der Waals surface area contributed by atoms with Crippen molar-refractivity contribution in [2.75, 3.05) is 0 Å². The van der Waals surface area contributed by atoms with Crippen molar-refractivity contribution in [2.24, 2.45) is 0 Å². The highest BCUT2D eigenvalue weighted by molar-refractivity contribution is 6.04. The smallest absolute Gasteiger partial charge is 0.0159 e. The Morgan fingerprint density at radius 3 is 1.75 bits per heavy atom. The molecular formula is C44H46. The number of fused-ring (bicyclic) bond motifs is 5. The molecule has 0 spiro atoms. The van der Waals surface area contributed by atoms with E-state index < -0.39 is 0 Å². The molecular weight excluding hydrogens is 528 g/mol. The number of benzene rings is 6. The van der Waals surface area contributed by atoms with Crippen LogP contribution in [0, 0.1) is 20.8 Å². The van der Waals surface area contributed by atoms with Crippen LogP contribution < -0.4 is 0 Å². The van der Waals surface area contributed by atoms with E-state index >= 15 is 0 Å². The first-order valence-electron chi connectivity index (χ1n) is 16.0. The summed E-state index contributed by atoms with van der Waals surface area (Å²) in [5.41, 5.74) is 13.8. The third-order valence-corrected chi connectivity index (χ3v) is 9.26. The average molecular weight is 575 g/mol. The zero-order chi connectivity index (χ0) is 31.3. The lowest BCUT2D eigenvalue weighted by molar-refractivity contribution is 0.661. The molecule has 0 bridgehead atoms. The molecule has 0 aromatic heterocycles. The van der Waals surface area contributed by atoms with Crippen molar-refractivity contribution in [3.63, 3.8) is 0 Å². The van der Waals surface area contributed by atoms with Crippen molar-refractivity contribution < 1.29 is 0 Å². The molecule has 1 atom stereocenters. The summed E-state index contributed by atoms with van der Waals surface area (Å²) >= 11 is 0. The molecule has 6 aromatic carbocycles. The lowest BCUT2D eigenvalue weighted by Crippen LogP contribution is -2.14. The van der Waals surface area contributed by atoms with Crippen molar-refractivity contribution in [3.8, 4) is 22.3 Å². The van der Waals surface area contributed by atoms with E-state index in [1.807, 2.05) is 18.2 Å². The largest absolute Gasteiger partial charge is 0.0648 e. The summed E-state index contributed by atoms with van der Waals surface area (Å²) < 4.78 is 0. The van der Waals surface area contributed by atoms with Gasteiger partial charge in [-0.1, -0.05) is 161 Å². The molecule has 1 unspecified atom stereocenters. The molecule has 222 valence electrons. The van der Waals surface area contributed by atoms with Crippen LogP contribution in [0.3, 0.4) is 0 Å².